The molecule has 2 rings (SSSR count). The predicted octanol–water partition coefficient (Wildman–Crippen LogP) is 3.22. The molecule has 0 saturated heterocycles. The Morgan fingerprint density at radius 1 is 1.27 bits per heavy atom. The van der Waals surface area contributed by atoms with Crippen molar-refractivity contribution in [3.05, 3.63) is 40.6 Å². The molecule has 15 heavy (non-hydrogen) atoms. The molecule has 2 nitrogen and oxygen atoms in total. The maximum absolute atomic E-state index is 10.0. The molecular formula is C12H12BrNO. The van der Waals surface area contributed by atoms with Gasteiger partial charge in [0.1, 0.15) is 0 Å². The van der Waals surface area contributed by atoms with E-state index in [2.05, 4.69) is 20.9 Å². The van der Waals surface area contributed by atoms with Crippen molar-refractivity contribution < 1.29 is 5.11 Å². The van der Waals surface area contributed by atoms with Crippen LogP contribution >= 0.6 is 15.9 Å². The van der Waals surface area contributed by atoms with Gasteiger partial charge >= 0.3 is 0 Å². The zero-order chi connectivity index (χ0) is 11.1. The van der Waals surface area contributed by atoms with E-state index in [4.69, 9.17) is 0 Å². The van der Waals surface area contributed by atoms with Gasteiger partial charge in [0.2, 0.25) is 0 Å². The van der Waals surface area contributed by atoms with E-state index in [1.165, 1.54) is 0 Å². The van der Waals surface area contributed by atoms with Crippen LogP contribution in [0.3, 0.4) is 0 Å². The Kier molecular flexibility index (Phi) is 2.52. The maximum Gasteiger partial charge on any atom is 0.0861 e. The van der Waals surface area contributed by atoms with E-state index in [-0.39, 0.29) is 0 Å². The molecule has 78 valence electrons. The first kappa shape index (κ1) is 10.6. The smallest absolute Gasteiger partial charge is 0.0861 e. The van der Waals surface area contributed by atoms with Crippen LogP contribution in [0.5, 0.6) is 0 Å². The van der Waals surface area contributed by atoms with Crippen LogP contribution < -0.4 is 0 Å². The molecule has 0 aliphatic heterocycles. The Hall–Kier alpha value is -0.930. The predicted molar refractivity (Wildman–Crippen MR) is 64.7 cm³/mol. The summed E-state index contributed by atoms with van der Waals surface area (Å²) < 4.78 is 1.01. The van der Waals surface area contributed by atoms with E-state index in [0.29, 0.717) is 0 Å². The third-order valence-corrected chi connectivity index (χ3v) is 2.88. The molecule has 0 aliphatic rings. The van der Waals surface area contributed by atoms with Gasteiger partial charge in [-0.15, -0.1) is 0 Å². The van der Waals surface area contributed by atoms with Gasteiger partial charge in [-0.05, 0) is 31.4 Å². The lowest BCUT2D eigenvalue weighted by atomic mass is 9.95. The lowest BCUT2D eigenvalue weighted by Crippen LogP contribution is -2.16. The van der Waals surface area contributed by atoms with Gasteiger partial charge in [-0.3, -0.25) is 4.98 Å². The zero-order valence-electron chi connectivity index (χ0n) is 8.66. The summed E-state index contributed by atoms with van der Waals surface area (Å²) >= 11 is 3.43. The largest absolute Gasteiger partial charge is 0.386 e. The molecule has 0 unspecified atom stereocenters. The van der Waals surface area contributed by atoms with Crippen LogP contribution in [0.4, 0.5) is 0 Å². The zero-order valence-corrected chi connectivity index (χ0v) is 10.2. The highest BCUT2D eigenvalue weighted by molar-refractivity contribution is 9.10. The fraction of sp³-hybridized carbons (Fsp3) is 0.250. The van der Waals surface area contributed by atoms with Crippen molar-refractivity contribution in [3.8, 4) is 0 Å². The molecule has 0 aliphatic carbocycles. The third-order valence-electron chi connectivity index (χ3n) is 2.38. The molecule has 0 radical (unpaired) electrons. The number of aromatic nitrogens is 1. The van der Waals surface area contributed by atoms with Crippen molar-refractivity contribution in [1.82, 2.24) is 4.98 Å². The summed E-state index contributed by atoms with van der Waals surface area (Å²) in [5.74, 6) is 0. The number of aliphatic hydroxyl groups is 1. The Morgan fingerprint density at radius 3 is 2.67 bits per heavy atom. The fourth-order valence-corrected chi connectivity index (χ4v) is 1.98. The Bertz CT molecular complexity index is 502. The van der Waals surface area contributed by atoms with Crippen molar-refractivity contribution in [3.63, 3.8) is 0 Å². The topological polar surface area (TPSA) is 33.1 Å². The molecule has 3 heteroatoms. The second-order valence-corrected chi connectivity index (χ2v) is 5.03. The van der Waals surface area contributed by atoms with Gasteiger partial charge in [-0.2, -0.15) is 0 Å². The minimum absolute atomic E-state index is 0.848. The number of fused-ring (bicyclic) bond motifs is 1. The number of hydrogen-bond acceptors (Lipinski definition) is 2. The van der Waals surface area contributed by atoms with Crippen LogP contribution in [-0.4, -0.2) is 10.1 Å². The molecule has 1 aromatic heterocycles. The Labute approximate surface area is 97.1 Å². The normalized spacial score (nSPS) is 12.0. The summed E-state index contributed by atoms with van der Waals surface area (Å²) in [4.78, 5) is 4.13. The van der Waals surface area contributed by atoms with Crippen molar-refractivity contribution >= 4 is 26.7 Å². The highest BCUT2D eigenvalue weighted by Gasteiger charge is 2.19. The van der Waals surface area contributed by atoms with Gasteiger partial charge in [-0.25, -0.2) is 0 Å². The molecule has 0 spiro atoms. The van der Waals surface area contributed by atoms with Crippen molar-refractivity contribution in [2.45, 2.75) is 19.4 Å². The lowest BCUT2D eigenvalue weighted by Gasteiger charge is -2.19. The van der Waals surface area contributed by atoms with Crippen LogP contribution in [0.1, 0.15) is 19.4 Å². The number of halogens is 1. The first-order chi connectivity index (χ1) is 6.98. The van der Waals surface area contributed by atoms with Gasteiger partial charge in [0.05, 0.1) is 5.60 Å². The van der Waals surface area contributed by atoms with E-state index >= 15 is 0 Å². The standard InChI is InChI=1S/C12H12BrNO/c1-12(2,15)11-7-14-6-8-3-4-9(13)5-10(8)11/h3-7,15H,1-2H3. The van der Waals surface area contributed by atoms with Crippen LogP contribution in [0.2, 0.25) is 0 Å². The summed E-state index contributed by atoms with van der Waals surface area (Å²) in [7, 11) is 0. The van der Waals surface area contributed by atoms with Crippen LogP contribution in [0, 0.1) is 0 Å². The molecule has 0 fully saturated rings. The molecule has 1 aromatic carbocycles. The van der Waals surface area contributed by atoms with Crippen LogP contribution in [-0.2, 0) is 5.60 Å². The highest BCUT2D eigenvalue weighted by atomic mass is 79.9. The molecular weight excluding hydrogens is 254 g/mol. The van der Waals surface area contributed by atoms with E-state index in [1.54, 1.807) is 26.2 Å². The summed E-state index contributed by atoms with van der Waals surface area (Å²) in [5, 5.41) is 12.1. The molecule has 0 saturated carbocycles. The molecule has 0 amide bonds. The summed E-state index contributed by atoms with van der Waals surface area (Å²) in [5.41, 5.74) is -0.0193. The molecule has 2 aromatic rings. The van der Waals surface area contributed by atoms with Crippen LogP contribution in [0.15, 0.2) is 35.1 Å². The summed E-state index contributed by atoms with van der Waals surface area (Å²) in [6.07, 6.45) is 3.52. The molecule has 0 bridgehead atoms. The first-order valence-corrected chi connectivity index (χ1v) is 5.54. The second-order valence-electron chi connectivity index (χ2n) is 4.11. The lowest BCUT2D eigenvalue weighted by molar-refractivity contribution is 0.0798. The van der Waals surface area contributed by atoms with Gasteiger partial charge < -0.3 is 5.11 Å². The van der Waals surface area contributed by atoms with Crippen molar-refractivity contribution in [2.75, 3.05) is 0 Å². The van der Waals surface area contributed by atoms with E-state index < -0.39 is 5.60 Å². The minimum atomic E-state index is -0.868. The van der Waals surface area contributed by atoms with Gasteiger partial charge in [0.15, 0.2) is 0 Å². The monoisotopic (exact) mass is 265 g/mol. The Balaban J connectivity index is 2.80. The Morgan fingerprint density at radius 2 is 2.00 bits per heavy atom. The molecule has 0 atom stereocenters. The minimum Gasteiger partial charge on any atom is -0.386 e. The fourth-order valence-electron chi connectivity index (χ4n) is 1.62. The summed E-state index contributed by atoms with van der Waals surface area (Å²) in [6, 6.07) is 5.96. The number of rotatable bonds is 1. The van der Waals surface area contributed by atoms with Crippen LogP contribution in [0.25, 0.3) is 10.8 Å². The maximum atomic E-state index is 10.0. The number of pyridine rings is 1. The first-order valence-electron chi connectivity index (χ1n) is 4.74. The highest BCUT2D eigenvalue weighted by Crippen LogP contribution is 2.29. The van der Waals surface area contributed by atoms with Crippen molar-refractivity contribution in [1.29, 1.82) is 0 Å². The average molecular weight is 266 g/mol. The molecule has 1 heterocycles. The van der Waals surface area contributed by atoms with Gasteiger partial charge in [0, 0.05) is 27.8 Å². The van der Waals surface area contributed by atoms with Gasteiger partial charge in [0.25, 0.3) is 0 Å². The quantitative estimate of drug-likeness (QED) is 0.859. The molecule has 1 N–H and O–H groups in total. The van der Waals surface area contributed by atoms with Crippen molar-refractivity contribution in [2.24, 2.45) is 0 Å². The number of nitrogens with zero attached hydrogens (tertiary/aromatic N) is 1. The summed E-state index contributed by atoms with van der Waals surface area (Å²) in [6.45, 7) is 3.54. The number of hydrogen-bond donors (Lipinski definition) is 1. The van der Waals surface area contributed by atoms with Gasteiger partial charge in [-0.1, -0.05) is 22.0 Å². The van der Waals surface area contributed by atoms with E-state index in [1.807, 2.05) is 18.2 Å². The average Bonchev–Trinajstić information content (AvgIpc) is 2.15. The van der Waals surface area contributed by atoms with E-state index in [0.717, 1.165) is 20.8 Å². The third kappa shape index (κ3) is 2.03. The number of benzene rings is 1. The SMILES string of the molecule is CC(C)(O)c1cncc2ccc(Br)cc12. The second kappa shape index (κ2) is 3.58. The van der Waals surface area contributed by atoms with E-state index in [9.17, 15) is 5.11 Å².